The fourth-order valence-corrected chi connectivity index (χ4v) is 3.52. The van der Waals surface area contributed by atoms with Crippen LogP contribution in [0.5, 0.6) is 5.75 Å². The molecule has 2 aliphatic rings. The Balaban J connectivity index is 1.64. The third kappa shape index (κ3) is 3.47. The Kier molecular flexibility index (Phi) is 4.18. The Labute approximate surface area is 122 Å². The normalized spacial score (nSPS) is 26.6. The highest BCUT2D eigenvalue weighted by Crippen LogP contribution is 2.44. The van der Waals surface area contributed by atoms with E-state index in [1.54, 1.807) is 0 Å². The summed E-state index contributed by atoms with van der Waals surface area (Å²) in [5.74, 6) is 3.01. The summed E-state index contributed by atoms with van der Waals surface area (Å²) < 4.78 is 5.91. The van der Waals surface area contributed by atoms with Crippen LogP contribution in [0.25, 0.3) is 0 Å². The zero-order valence-corrected chi connectivity index (χ0v) is 12.8. The van der Waals surface area contributed by atoms with Crippen molar-refractivity contribution < 1.29 is 4.74 Å². The van der Waals surface area contributed by atoms with E-state index in [0.717, 1.165) is 17.6 Å². The van der Waals surface area contributed by atoms with Crippen molar-refractivity contribution in [3.8, 4) is 5.75 Å². The predicted molar refractivity (Wildman–Crippen MR) is 84.3 cm³/mol. The van der Waals surface area contributed by atoms with Gasteiger partial charge in [-0.3, -0.25) is 0 Å². The van der Waals surface area contributed by atoms with Crippen LogP contribution in [0.2, 0.25) is 0 Å². The van der Waals surface area contributed by atoms with Gasteiger partial charge in [0, 0.05) is 6.04 Å². The molecule has 2 heteroatoms. The Morgan fingerprint density at radius 2 is 1.85 bits per heavy atom. The van der Waals surface area contributed by atoms with Crippen LogP contribution in [0.1, 0.15) is 52.4 Å². The van der Waals surface area contributed by atoms with Crippen molar-refractivity contribution in [3.05, 3.63) is 24.3 Å². The van der Waals surface area contributed by atoms with Crippen molar-refractivity contribution in [3.63, 3.8) is 0 Å². The maximum atomic E-state index is 5.91. The SMILES string of the molecule is CC(C)Oc1ccccc1NC1CCCC(C2CC2)C1. The number of ether oxygens (including phenoxy) is 1. The molecule has 1 aromatic carbocycles. The molecule has 0 amide bonds. The lowest BCUT2D eigenvalue weighted by Gasteiger charge is -2.31. The minimum Gasteiger partial charge on any atom is -0.489 e. The van der Waals surface area contributed by atoms with E-state index < -0.39 is 0 Å². The fraction of sp³-hybridized carbons (Fsp3) is 0.667. The van der Waals surface area contributed by atoms with Crippen molar-refractivity contribution >= 4 is 5.69 Å². The quantitative estimate of drug-likeness (QED) is 0.827. The topological polar surface area (TPSA) is 21.3 Å². The summed E-state index contributed by atoms with van der Waals surface area (Å²) in [5, 5.41) is 3.74. The highest BCUT2D eigenvalue weighted by molar-refractivity contribution is 5.56. The number of para-hydroxylation sites is 2. The Morgan fingerprint density at radius 3 is 2.60 bits per heavy atom. The first kappa shape index (κ1) is 13.8. The average Bonchev–Trinajstić information content (AvgIpc) is 3.25. The Bertz CT molecular complexity index is 439. The highest BCUT2D eigenvalue weighted by atomic mass is 16.5. The summed E-state index contributed by atoms with van der Waals surface area (Å²) in [6, 6.07) is 9.00. The van der Waals surface area contributed by atoms with Crippen molar-refractivity contribution in [2.75, 3.05) is 5.32 Å². The summed E-state index contributed by atoms with van der Waals surface area (Å²) in [6.45, 7) is 4.17. The minimum atomic E-state index is 0.225. The molecule has 1 aromatic rings. The van der Waals surface area contributed by atoms with E-state index in [0.29, 0.717) is 6.04 Å². The molecule has 0 saturated heterocycles. The fourth-order valence-electron chi connectivity index (χ4n) is 3.52. The first-order chi connectivity index (χ1) is 9.72. The van der Waals surface area contributed by atoms with Crippen LogP contribution in [0.3, 0.4) is 0 Å². The van der Waals surface area contributed by atoms with Crippen molar-refractivity contribution in [1.29, 1.82) is 0 Å². The lowest BCUT2D eigenvalue weighted by molar-refractivity contribution is 0.242. The van der Waals surface area contributed by atoms with Crippen molar-refractivity contribution in [2.24, 2.45) is 11.8 Å². The number of rotatable bonds is 5. The van der Waals surface area contributed by atoms with E-state index in [-0.39, 0.29) is 6.10 Å². The molecule has 110 valence electrons. The van der Waals surface area contributed by atoms with E-state index in [1.165, 1.54) is 44.2 Å². The molecule has 2 fully saturated rings. The maximum Gasteiger partial charge on any atom is 0.142 e. The molecule has 2 atom stereocenters. The van der Waals surface area contributed by atoms with E-state index in [2.05, 4.69) is 43.4 Å². The first-order valence-corrected chi connectivity index (χ1v) is 8.24. The van der Waals surface area contributed by atoms with Crippen LogP contribution in [0.15, 0.2) is 24.3 Å². The molecule has 1 N–H and O–H groups in total. The molecular weight excluding hydrogens is 246 g/mol. The second-order valence-corrected chi connectivity index (χ2v) is 6.77. The Morgan fingerprint density at radius 1 is 1.05 bits per heavy atom. The van der Waals surface area contributed by atoms with E-state index in [4.69, 9.17) is 4.74 Å². The largest absolute Gasteiger partial charge is 0.489 e. The van der Waals surface area contributed by atoms with Gasteiger partial charge < -0.3 is 10.1 Å². The third-order valence-electron chi connectivity index (χ3n) is 4.61. The van der Waals surface area contributed by atoms with Gasteiger partial charge in [-0.25, -0.2) is 0 Å². The van der Waals surface area contributed by atoms with E-state index >= 15 is 0 Å². The number of anilines is 1. The van der Waals surface area contributed by atoms with Gasteiger partial charge in [0.1, 0.15) is 5.75 Å². The van der Waals surface area contributed by atoms with Crippen molar-refractivity contribution in [2.45, 2.75) is 64.5 Å². The second kappa shape index (κ2) is 6.07. The second-order valence-electron chi connectivity index (χ2n) is 6.77. The van der Waals surface area contributed by atoms with Crippen LogP contribution in [-0.4, -0.2) is 12.1 Å². The van der Waals surface area contributed by atoms with Crippen LogP contribution in [-0.2, 0) is 0 Å². The minimum absolute atomic E-state index is 0.225. The van der Waals surface area contributed by atoms with Gasteiger partial charge in [-0.05, 0) is 63.5 Å². The molecule has 0 spiro atoms. The molecule has 0 aliphatic heterocycles. The molecule has 2 nitrogen and oxygen atoms in total. The number of hydrogen-bond acceptors (Lipinski definition) is 2. The van der Waals surface area contributed by atoms with Crippen LogP contribution >= 0.6 is 0 Å². The predicted octanol–water partition coefficient (Wildman–Crippen LogP) is 4.85. The molecule has 2 aliphatic carbocycles. The molecule has 0 bridgehead atoms. The zero-order chi connectivity index (χ0) is 13.9. The van der Waals surface area contributed by atoms with Crippen molar-refractivity contribution in [1.82, 2.24) is 0 Å². The molecule has 3 rings (SSSR count). The molecule has 2 unspecified atom stereocenters. The summed E-state index contributed by atoms with van der Waals surface area (Å²) in [5.41, 5.74) is 1.17. The van der Waals surface area contributed by atoms with Gasteiger partial charge in [0.05, 0.1) is 11.8 Å². The summed E-state index contributed by atoms with van der Waals surface area (Å²) in [7, 11) is 0. The summed E-state index contributed by atoms with van der Waals surface area (Å²) >= 11 is 0. The van der Waals surface area contributed by atoms with E-state index in [9.17, 15) is 0 Å². The molecular formula is C18H27NO. The Hall–Kier alpha value is -1.18. The molecule has 2 saturated carbocycles. The monoisotopic (exact) mass is 273 g/mol. The van der Waals surface area contributed by atoms with Gasteiger partial charge in [0.15, 0.2) is 0 Å². The highest BCUT2D eigenvalue weighted by Gasteiger charge is 2.34. The number of hydrogen-bond donors (Lipinski definition) is 1. The van der Waals surface area contributed by atoms with Crippen LogP contribution in [0, 0.1) is 11.8 Å². The van der Waals surface area contributed by atoms with Gasteiger partial charge >= 0.3 is 0 Å². The molecule has 20 heavy (non-hydrogen) atoms. The maximum absolute atomic E-state index is 5.91. The van der Waals surface area contributed by atoms with Gasteiger partial charge in [0.2, 0.25) is 0 Å². The lowest BCUT2D eigenvalue weighted by Crippen LogP contribution is -2.28. The standard InChI is InChI=1S/C18H27NO/c1-13(2)20-18-9-4-3-8-17(18)19-16-7-5-6-15(12-16)14-10-11-14/h3-4,8-9,13-16,19H,5-7,10-12H2,1-2H3. The molecule has 0 aromatic heterocycles. The van der Waals surface area contributed by atoms with Gasteiger partial charge in [-0.1, -0.05) is 25.0 Å². The van der Waals surface area contributed by atoms with Crippen LogP contribution in [0.4, 0.5) is 5.69 Å². The third-order valence-corrected chi connectivity index (χ3v) is 4.61. The number of nitrogens with one attached hydrogen (secondary N) is 1. The average molecular weight is 273 g/mol. The molecule has 0 radical (unpaired) electrons. The van der Waals surface area contributed by atoms with Crippen LogP contribution < -0.4 is 10.1 Å². The summed E-state index contributed by atoms with van der Waals surface area (Å²) in [4.78, 5) is 0. The molecule has 0 heterocycles. The zero-order valence-electron chi connectivity index (χ0n) is 12.8. The number of benzene rings is 1. The lowest BCUT2D eigenvalue weighted by atomic mass is 9.82. The van der Waals surface area contributed by atoms with E-state index in [1.807, 2.05) is 0 Å². The van der Waals surface area contributed by atoms with Gasteiger partial charge in [-0.2, -0.15) is 0 Å². The smallest absolute Gasteiger partial charge is 0.142 e. The van der Waals surface area contributed by atoms with Gasteiger partial charge in [-0.15, -0.1) is 0 Å². The van der Waals surface area contributed by atoms with Gasteiger partial charge in [0.25, 0.3) is 0 Å². The first-order valence-electron chi connectivity index (χ1n) is 8.24. The summed E-state index contributed by atoms with van der Waals surface area (Å²) in [6.07, 6.45) is 8.66.